The van der Waals surface area contributed by atoms with Crippen LogP contribution in [0.15, 0.2) is 35.1 Å². The Morgan fingerprint density at radius 3 is 2.44 bits per heavy atom. The first-order chi connectivity index (χ1) is 16.0. The van der Waals surface area contributed by atoms with Crippen molar-refractivity contribution < 1.29 is 18.3 Å². The summed E-state index contributed by atoms with van der Waals surface area (Å²) in [4.78, 5) is 12.8. The molecule has 0 radical (unpaired) electrons. The summed E-state index contributed by atoms with van der Waals surface area (Å²) in [6, 6.07) is 6.57. The van der Waals surface area contributed by atoms with Gasteiger partial charge in [0, 0.05) is 29.4 Å². The Balaban J connectivity index is 1.85. The Hall–Kier alpha value is -3.40. The van der Waals surface area contributed by atoms with Crippen LogP contribution >= 0.6 is 0 Å². The number of hydrogen-bond acceptors (Lipinski definition) is 5. The molecule has 0 aliphatic rings. The second-order valence-electron chi connectivity index (χ2n) is 8.76. The van der Waals surface area contributed by atoms with Gasteiger partial charge in [-0.05, 0) is 45.9 Å². The van der Waals surface area contributed by atoms with Gasteiger partial charge in [-0.2, -0.15) is 13.9 Å². The molecule has 0 spiro atoms. The van der Waals surface area contributed by atoms with E-state index in [9.17, 15) is 18.0 Å². The zero-order valence-corrected chi connectivity index (χ0v) is 19.5. The van der Waals surface area contributed by atoms with Crippen LogP contribution in [0.5, 0.6) is 0 Å². The van der Waals surface area contributed by atoms with Gasteiger partial charge in [-0.25, -0.2) is 9.18 Å². The average Bonchev–Trinajstić information content (AvgIpc) is 3.04. The predicted molar refractivity (Wildman–Crippen MR) is 125 cm³/mol. The van der Waals surface area contributed by atoms with Gasteiger partial charge in [-0.15, -0.1) is 5.10 Å². The molecule has 7 nitrogen and oxygen atoms in total. The first kappa shape index (κ1) is 23.7. The maximum Gasteiger partial charge on any atom is 0.329 e. The van der Waals surface area contributed by atoms with E-state index in [4.69, 9.17) is 5.11 Å². The summed E-state index contributed by atoms with van der Waals surface area (Å²) in [6.07, 6.45) is 0. The number of rotatable bonds is 6. The van der Waals surface area contributed by atoms with E-state index in [-0.39, 0.29) is 17.3 Å². The Morgan fingerprint density at radius 2 is 1.79 bits per heavy atom. The van der Waals surface area contributed by atoms with Gasteiger partial charge >= 0.3 is 5.69 Å². The quantitative estimate of drug-likeness (QED) is 0.429. The molecule has 1 atom stereocenters. The molecule has 0 saturated carbocycles. The van der Waals surface area contributed by atoms with Crippen LogP contribution < -0.4 is 11.0 Å². The fourth-order valence-corrected chi connectivity index (χ4v) is 4.27. The summed E-state index contributed by atoms with van der Waals surface area (Å²) >= 11 is 0. The number of fused-ring (bicyclic) bond motifs is 2. The number of aliphatic hydroxyl groups excluding tert-OH is 1. The number of aryl methyl sites for hydroxylation is 2. The minimum absolute atomic E-state index is 0.000952. The molecule has 0 saturated heterocycles. The van der Waals surface area contributed by atoms with Crippen LogP contribution in [0.1, 0.15) is 49.7 Å². The van der Waals surface area contributed by atoms with Gasteiger partial charge in [0.25, 0.3) is 5.92 Å². The third kappa shape index (κ3) is 3.71. The summed E-state index contributed by atoms with van der Waals surface area (Å²) in [5.74, 6) is -4.46. The maximum atomic E-state index is 15.0. The van der Waals surface area contributed by atoms with E-state index in [1.54, 1.807) is 30.0 Å². The predicted octanol–water partition coefficient (Wildman–Crippen LogP) is 4.57. The standard InChI is InChI=1S/C24H26F3N5O2/c1-12(2)32-20-10-17-16(9-19(20)31(5)23(32)34)14(4)29-30-22(17)28-13(3)15-7-6-8-18(21(15)25)24(26,27)11-33/h6-10,12-13,33H,11H2,1-5H3,(H,28,30)/t13-/m1/s1. The fourth-order valence-electron chi connectivity index (χ4n) is 4.27. The van der Waals surface area contributed by atoms with Crippen LogP contribution in [-0.4, -0.2) is 31.0 Å². The number of anilines is 1. The number of hydrogen-bond donors (Lipinski definition) is 2. The van der Waals surface area contributed by atoms with Gasteiger partial charge in [0.05, 0.1) is 28.3 Å². The molecule has 2 heterocycles. The van der Waals surface area contributed by atoms with Crippen LogP contribution in [0.2, 0.25) is 0 Å². The first-order valence-corrected chi connectivity index (χ1v) is 10.9. The highest BCUT2D eigenvalue weighted by Crippen LogP contribution is 2.35. The largest absolute Gasteiger partial charge is 0.390 e. The lowest BCUT2D eigenvalue weighted by Crippen LogP contribution is -2.23. The summed E-state index contributed by atoms with van der Waals surface area (Å²) in [7, 11) is 1.71. The normalized spacial score (nSPS) is 13.2. The van der Waals surface area contributed by atoms with Gasteiger partial charge < -0.3 is 10.4 Å². The van der Waals surface area contributed by atoms with Crippen LogP contribution in [0.3, 0.4) is 0 Å². The molecule has 2 N–H and O–H groups in total. The highest BCUT2D eigenvalue weighted by molar-refractivity contribution is 6.01. The molecule has 0 aliphatic heterocycles. The molecule has 4 rings (SSSR count). The zero-order chi connectivity index (χ0) is 24.9. The monoisotopic (exact) mass is 473 g/mol. The Kier molecular flexibility index (Phi) is 5.89. The van der Waals surface area contributed by atoms with Gasteiger partial charge in [0.1, 0.15) is 12.4 Å². The molecule has 0 unspecified atom stereocenters. The van der Waals surface area contributed by atoms with E-state index in [1.807, 2.05) is 26.0 Å². The maximum absolute atomic E-state index is 15.0. The van der Waals surface area contributed by atoms with Gasteiger partial charge in [0.15, 0.2) is 5.82 Å². The summed E-state index contributed by atoms with van der Waals surface area (Å²) in [5.41, 5.74) is 1.09. The number of aliphatic hydroxyl groups is 1. The molecule has 0 aliphatic carbocycles. The second kappa shape index (κ2) is 8.43. The lowest BCUT2D eigenvalue weighted by molar-refractivity contribution is -0.0583. The smallest absolute Gasteiger partial charge is 0.329 e. The van der Waals surface area contributed by atoms with Crippen molar-refractivity contribution in [1.29, 1.82) is 0 Å². The van der Waals surface area contributed by atoms with E-state index >= 15 is 0 Å². The van der Waals surface area contributed by atoms with Gasteiger partial charge in [-0.3, -0.25) is 9.13 Å². The summed E-state index contributed by atoms with van der Waals surface area (Å²) in [6.45, 7) is 5.76. The van der Waals surface area contributed by atoms with Gasteiger partial charge in [0.2, 0.25) is 0 Å². The number of benzene rings is 2. The third-order valence-electron chi connectivity index (χ3n) is 6.13. The molecule has 2 aromatic heterocycles. The number of imidazole rings is 1. The Morgan fingerprint density at radius 1 is 1.12 bits per heavy atom. The summed E-state index contributed by atoms with van der Waals surface area (Å²) < 4.78 is 46.2. The molecule has 4 aromatic rings. The average molecular weight is 473 g/mol. The van der Waals surface area contributed by atoms with Crippen LogP contribution in [0.4, 0.5) is 19.0 Å². The van der Waals surface area contributed by atoms with Crippen molar-refractivity contribution in [2.24, 2.45) is 7.05 Å². The fraction of sp³-hybridized carbons (Fsp3) is 0.375. The topological polar surface area (TPSA) is 85.0 Å². The van der Waals surface area contributed by atoms with E-state index in [0.29, 0.717) is 22.4 Å². The summed E-state index contributed by atoms with van der Waals surface area (Å²) in [5, 5.41) is 21.9. The van der Waals surface area contributed by atoms with Crippen molar-refractivity contribution in [3.05, 3.63) is 63.5 Å². The SMILES string of the molecule is Cc1nnc(N[C@H](C)c2cccc(C(F)(F)CO)c2F)c2cc3c(cc12)n(C)c(=O)n3C(C)C. The Labute approximate surface area is 193 Å². The van der Waals surface area contributed by atoms with Crippen LogP contribution in [-0.2, 0) is 13.0 Å². The lowest BCUT2D eigenvalue weighted by Gasteiger charge is -2.21. The number of halogens is 3. The zero-order valence-electron chi connectivity index (χ0n) is 19.5. The first-order valence-electron chi connectivity index (χ1n) is 10.9. The highest BCUT2D eigenvalue weighted by atomic mass is 19.3. The van der Waals surface area contributed by atoms with Crippen molar-refractivity contribution in [3.63, 3.8) is 0 Å². The number of nitrogens with zero attached hydrogens (tertiary/aromatic N) is 4. The second-order valence-corrected chi connectivity index (χ2v) is 8.76. The molecular formula is C24H26F3N5O2. The molecule has 34 heavy (non-hydrogen) atoms. The van der Waals surface area contributed by atoms with Crippen molar-refractivity contribution in [2.75, 3.05) is 11.9 Å². The molecule has 10 heteroatoms. The molecular weight excluding hydrogens is 447 g/mol. The lowest BCUT2D eigenvalue weighted by atomic mass is 10.00. The van der Waals surface area contributed by atoms with Crippen molar-refractivity contribution in [2.45, 2.75) is 45.7 Å². The number of alkyl halides is 2. The minimum Gasteiger partial charge on any atom is -0.390 e. The minimum atomic E-state index is -3.70. The Bertz CT molecular complexity index is 1460. The number of nitrogens with one attached hydrogen (secondary N) is 1. The highest BCUT2D eigenvalue weighted by Gasteiger charge is 2.35. The van der Waals surface area contributed by atoms with E-state index < -0.39 is 30.0 Å². The molecule has 0 bridgehead atoms. The van der Waals surface area contributed by atoms with E-state index in [1.165, 1.54) is 12.1 Å². The molecule has 0 amide bonds. The molecule has 0 fully saturated rings. The molecule has 2 aromatic carbocycles. The van der Waals surface area contributed by atoms with Crippen LogP contribution in [0.25, 0.3) is 21.8 Å². The van der Waals surface area contributed by atoms with Crippen LogP contribution in [0, 0.1) is 12.7 Å². The van der Waals surface area contributed by atoms with Crippen molar-refractivity contribution >= 4 is 27.6 Å². The van der Waals surface area contributed by atoms with Crippen molar-refractivity contribution in [1.82, 2.24) is 19.3 Å². The van der Waals surface area contributed by atoms with E-state index in [2.05, 4.69) is 15.5 Å². The number of aromatic nitrogens is 4. The van der Waals surface area contributed by atoms with Gasteiger partial charge in [-0.1, -0.05) is 12.1 Å². The van der Waals surface area contributed by atoms with E-state index in [0.717, 1.165) is 17.0 Å². The molecule has 180 valence electrons. The van der Waals surface area contributed by atoms with Crippen molar-refractivity contribution in [3.8, 4) is 0 Å². The third-order valence-corrected chi connectivity index (χ3v) is 6.13.